The van der Waals surface area contributed by atoms with Crippen LogP contribution < -0.4 is 10.3 Å². The second-order valence-electron chi connectivity index (χ2n) is 9.39. The minimum absolute atomic E-state index is 0.0436. The van der Waals surface area contributed by atoms with Gasteiger partial charge in [-0.05, 0) is 42.3 Å². The first-order chi connectivity index (χ1) is 21.8. The van der Waals surface area contributed by atoms with Gasteiger partial charge in [0.05, 0.1) is 24.4 Å². The quantitative estimate of drug-likeness (QED) is 0.179. The third-order valence-electron chi connectivity index (χ3n) is 6.63. The Bertz CT molecular complexity index is 1780. The second-order valence-corrected chi connectivity index (χ2v) is 9.83. The first-order valence-electron chi connectivity index (χ1n) is 14.6. The Morgan fingerprint density at radius 3 is 2.40 bits per heavy atom. The molecule has 1 aliphatic heterocycles. The molecule has 0 spiro atoms. The van der Waals surface area contributed by atoms with E-state index in [4.69, 9.17) is 25.6 Å². The molecule has 4 heterocycles. The lowest BCUT2D eigenvalue weighted by Crippen LogP contribution is -2.32. The summed E-state index contributed by atoms with van der Waals surface area (Å²) in [5, 5.41) is 10.7. The Morgan fingerprint density at radius 2 is 1.73 bits per heavy atom. The van der Waals surface area contributed by atoms with Crippen LogP contribution in [-0.2, 0) is 24.3 Å². The molecule has 3 aromatic heterocycles. The topological polar surface area (TPSA) is 108 Å². The number of halogens is 4. The smallest absolute Gasteiger partial charge is 0.280 e. The molecule has 1 saturated heterocycles. The Labute approximate surface area is 263 Å². The van der Waals surface area contributed by atoms with Gasteiger partial charge in [0.15, 0.2) is 0 Å². The normalized spacial score (nSPS) is 13.6. The standard InChI is InChI=1S/C28H21ClF3N5O4.2C2H6/c29-17-5-4-15(20(30)10-17)14-40-27-3-1-2-23(33-27)19-11-21(31)16(8-22(19)32)9-25-34-35-28(24-12-26(38)36-41-24)37(25)13-18-6-7-39-18;2*1-2/h1-5,8,10-12,18H,6-7,9,13-14H2,(H,36,38);2*1-2H3. The number of nitrogens with zero attached hydrogens (tertiary/aromatic N) is 4. The summed E-state index contributed by atoms with van der Waals surface area (Å²) in [4.78, 5) is 15.9. The molecular weight excluding hydrogens is 611 g/mol. The molecule has 1 N–H and O–H groups in total. The van der Waals surface area contributed by atoms with E-state index < -0.39 is 23.0 Å². The molecule has 13 heteroatoms. The molecule has 45 heavy (non-hydrogen) atoms. The SMILES string of the molecule is CC.CC.O=c1cc(-c2nnc(Cc3cc(F)c(-c4cccc(OCc5ccc(Cl)cc5F)n4)cc3F)n2CC2CCO2)o[nH]1. The van der Waals surface area contributed by atoms with Gasteiger partial charge in [-0.2, -0.15) is 5.16 Å². The molecular formula is C32H33ClF3N5O4. The fraction of sp³-hybridized carbons (Fsp3) is 0.312. The summed E-state index contributed by atoms with van der Waals surface area (Å²) in [6, 6.07) is 12.2. The molecule has 2 aromatic carbocycles. The Balaban J connectivity index is 0.00000111. The Hall–Kier alpha value is -4.42. The molecule has 5 aromatic rings. The first-order valence-corrected chi connectivity index (χ1v) is 15.0. The lowest BCUT2D eigenvalue weighted by atomic mass is 10.0. The molecule has 238 valence electrons. The highest BCUT2D eigenvalue weighted by Crippen LogP contribution is 2.28. The third kappa shape index (κ3) is 8.00. The van der Waals surface area contributed by atoms with Crippen molar-refractivity contribution in [1.82, 2.24) is 24.9 Å². The van der Waals surface area contributed by atoms with Crippen LogP contribution in [-0.4, -0.2) is 37.6 Å². The molecule has 1 unspecified atom stereocenters. The van der Waals surface area contributed by atoms with Crippen molar-refractivity contribution >= 4 is 11.6 Å². The van der Waals surface area contributed by atoms with E-state index in [1.807, 2.05) is 27.7 Å². The summed E-state index contributed by atoms with van der Waals surface area (Å²) >= 11 is 5.78. The fourth-order valence-electron chi connectivity index (χ4n) is 4.39. The highest BCUT2D eigenvalue weighted by molar-refractivity contribution is 6.30. The maximum absolute atomic E-state index is 15.3. The van der Waals surface area contributed by atoms with E-state index in [1.54, 1.807) is 10.6 Å². The molecule has 0 saturated carbocycles. The lowest BCUT2D eigenvalue weighted by Gasteiger charge is -2.27. The van der Waals surface area contributed by atoms with E-state index in [9.17, 15) is 9.18 Å². The van der Waals surface area contributed by atoms with Crippen molar-refractivity contribution < 1.29 is 27.2 Å². The van der Waals surface area contributed by atoms with Gasteiger partial charge in [-0.1, -0.05) is 51.4 Å². The van der Waals surface area contributed by atoms with Crippen LogP contribution in [0.4, 0.5) is 13.2 Å². The summed E-state index contributed by atoms with van der Waals surface area (Å²) in [5.74, 6) is -1.03. The van der Waals surface area contributed by atoms with Gasteiger partial charge in [0.1, 0.15) is 29.9 Å². The van der Waals surface area contributed by atoms with Gasteiger partial charge >= 0.3 is 0 Å². The minimum Gasteiger partial charge on any atom is -0.473 e. The summed E-state index contributed by atoms with van der Waals surface area (Å²) < 4.78 is 62.7. The highest BCUT2D eigenvalue weighted by Gasteiger charge is 2.25. The number of pyridine rings is 1. The van der Waals surface area contributed by atoms with Crippen LogP contribution >= 0.6 is 11.6 Å². The van der Waals surface area contributed by atoms with Gasteiger partial charge < -0.3 is 18.6 Å². The van der Waals surface area contributed by atoms with E-state index >= 15 is 8.78 Å². The van der Waals surface area contributed by atoms with E-state index in [1.165, 1.54) is 36.4 Å². The van der Waals surface area contributed by atoms with Gasteiger partial charge in [-0.25, -0.2) is 18.2 Å². The van der Waals surface area contributed by atoms with E-state index in [2.05, 4.69) is 20.3 Å². The third-order valence-corrected chi connectivity index (χ3v) is 6.86. The average molecular weight is 644 g/mol. The number of rotatable bonds is 9. The van der Waals surface area contributed by atoms with Crippen molar-refractivity contribution in [2.24, 2.45) is 0 Å². The number of benzene rings is 2. The van der Waals surface area contributed by atoms with Crippen LogP contribution in [0.5, 0.6) is 5.88 Å². The molecule has 0 amide bonds. The number of nitrogens with one attached hydrogen (secondary N) is 1. The van der Waals surface area contributed by atoms with Gasteiger partial charge in [-0.3, -0.25) is 4.79 Å². The molecule has 9 nitrogen and oxygen atoms in total. The van der Waals surface area contributed by atoms with Gasteiger partial charge in [0.25, 0.3) is 5.56 Å². The van der Waals surface area contributed by atoms with Crippen molar-refractivity contribution in [3.05, 3.63) is 104 Å². The van der Waals surface area contributed by atoms with Crippen molar-refractivity contribution in [3.63, 3.8) is 0 Å². The highest BCUT2D eigenvalue weighted by atomic mass is 35.5. The van der Waals surface area contributed by atoms with E-state index in [-0.39, 0.29) is 64.0 Å². The molecule has 1 fully saturated rings. The zero-order valence-corrected chi connectivity index (χ0v) is 26.0. The minimum atomic E-state index is -0.708. The zero-order valence-electron chi connectivity index (χ0n) is 25.2. The summed E-state index contributed by atoms with van der Waals surface area (Å²) in [5.41, 5.74) is -0.0747. The number of H-pyrrole nitrogens is 1. The van der Waals surface area contributed by atoms with Crippen molar-refractivity contribution in [3.8, 4) is 28.7 Å². The molecule has 0 aliphatic carbocycles. The fourth-order valence-corrected chi connectivity index (χ4v) is 4.55. The lowest BCUT2D eigenvalue weighted by molar-refractivity contribution is -0.0593. The van der Waals surface area contributed by atoms with Crippen LogP contribution in [0.2, 0.25) is 5.02 Å². The molecule has 0 bridgehead atoms. The summed E-state index contributed by atoms with van der Waals surface area (Å²) in [7, 11) is 0. The number of aromatic amines is 1. The van der Waals surface area contributed by atoms with Gasteiger partial charge in [0, 0.05) is 35.2 Å². The van der Waals surface area contributed by atoms with Gasteiger partial charge in [-0.15, -0.1) is 10.2 Å². The summed E-state index contributed by atoms with van der Waals surface area (Å²) in [6.07, 6.45) is 0.631. The second kappa shape index (κ2) is 15.5. The maximum Gasteiger partial charge on any atom is 0.280 e. The van der Waals surface area contributed by atoms with Crippen molar-refractivity contribution in [2.45, 2.75) is 59.8 Å². The summed E-state index contributed by atoms with van der Waals surface area (Å²) in [6.45, 7) is 8.84. The number of hydrogen-bond donors (Lipinski definition) is 1. The molecule has 1 aliphatic rings. The van der Waals surface area contributed by atoms with Crippen LogP contribution in [0.25, 0.3) is 22.8 Å². The first kappa shape index (κ1) is 33.5. The van der Waals surface area contributed by atoms with Gasteiger partial charge in [0.2, 0.25) is 17.5 Å². The number of aromatic nitrogens is 5. The largest absolute Gasteiger partial charge is 0.473 e. The van der Waals surface area contributed by atoms with E-state index in [0.717, 1.165) is 18.6 Å². The Morgan fingerprint density at radius 1 is 0.978 bits per heavy atom. The van der Waals surface area contributed by atoms with E-state index in [0.29, 0.717) is 19.0 Å². The molecule has 1 atom stereocenters. The van der Waals surface area contributed by atoms with Crippen LogP contribution in [0.3, 0.4) is 0 Å². The zero-order chi connectivity index (χ0) is 32.5. The maximum atomic E-state index is 15.3. The van der Waals surface area contributed by atoms with Crippen LogP contribution in [0, 0.1) is 17.5 Å². The predicted molar refractivity (Wildman–Crippen MR) is 164 cm³/mol. The predicted octanol–water partition coefficient (Wildman–Crippen LogP) is 7.37. The van der Waals surface area contributed by atoms with Crippen LogP contribution in [0.1, 0.15) is 51.1 Å². The van der Waals surface area contributed by atoms with Crippen molar-refractivity contribution in [2.75, 3.05) is 6.61 Å². The molecule has 6 rings (SSSR count). The van der Waals surface area contributed by atoms with Crippen LogP contribution in [0.15, 0.2) is 63.9 Å². The number of hydrogen-bond acceptors (Lipinski definition) is 7. The van der Waals surface area contributed by atoms with Crippen molar-refractivity contribution in [1.29, 1.82) is 0 Å². The molecule has 0 radical (unpaired) electrons. The Kier molecular flexibility index (Phi) is 11.6. The monoisotopic (exact) mass is 643 g/mol. The number of ether oxygens (including phenoxy) is 2. The average Bonchev–Trinajstić information content (AvgIpc) is 3.63.